The average molecular weight is 372 g/mol. The average Bonchev–Trinajstić information content (AvgIpc) is 2.65. The van der Waals surface area contributed by atoms with E-state index in [4.69, 9.17) is 15.7 Å². The summed E-state index contributed by atoms with van der Waals surface area (Å²) in [4.78, 5) is 22.8. The molecule has 3 N–H and O–H groups in total. The number of hydrogen-bond donors (Lipinski definition) is 2. The van der Waals surface area contributed by atoms with Crippen molar-refractivity contribution in [1.29, 1.82) is 5.26 Å². The first-order valence-electron chi connectivity index (χ1n) is 8.26. The predicted molar refractivity (Wildman–Crippen MR) is 99.0 cm³/mol. The van der Waals surface area contributed by atoms with Crippen LogP contribution in [0.2, 0.25) is 0 Å². The van der Waals surface area contributed by atoms with Crippen LogP contribution in [0.3, 0.4) is 0 Å². The van der Waals surface area contributed by atoms with Gasteiger partial charge in [0.2, 0.25) is 5.88 Å². The Labute approximate surface area is 156 Å². The molecule has 0 atom stereocenters. The van der Waals surface area contributed by atoms with Gasteiger partial charge in [0.25, 0.3) is 5.91 Å². The van der Waals surface area contributed by atoms with E-state index in [1.807, 2.05) is 25.1 Å². The van der Waals surface area contributed by atoms with Gasteiger partial charge >= 0.3 is 0 Å². The van der Waals surface area contributed by atoms with E-state index in [2.05, 4.69) is 15.3 Å². The van der Waals surface area contributed by atoms with Crippen LogP contribution >= 0.6 is 0 Å². The molecule has 0 fully saturated rings. The molecule has 1 aromatic carbocycles. The monoisotopic (exact) mass is 372 g/mol. The number of rotatable bonds is 8. The zero-order valence-electron chi connectivity index (χ0n) is 15.2. The summed E-state index contributed by atoms with van der Waals surface area (Å²) < 4.78 is 17.9. The lowest BCUT2D eigenvalue weighted by atomic mass is 10.1. The zero-order valence-corrected chi connectivity index (χ0v) is 15.2. The van der Waals surface area contributed by atoms with Crippen LogP contribution in [0, 0.1) is 11.3 Å². The van der Waals surface area contributed by atoms with Crippen LogP contribution in [0.4, 0.5) is 10.2 Å². The molecule has 0 aliphatic rings. The van der Waals surface area contributed by atoms with Gasteiger partial charge in [-0.2, -0.15) is 10.2 Å². The SMILES string of the molecule is CN(C)CCNC(=O)c1c(N)nc(-c2cccc(C#N)c2)nc1OCCF. The van der Waals surface area contributed by atoms with Crippen molar-refractivity contribution in [2.75, 3.05) is 46.2 Å². The highest BCUT2D eigenvalue weighted by atomic mass is 19.1. The lowest BCUT2D eigenvalue weighted by Gasteiger charge is -2.14. The van der Waals surface area contributed by atoms with Crippen LogP contribution in [-0.4, -0.2) is 61.2 Å². The lowest BCUT2D eigenvalue weighted by Crippen LogP contribution is -2.32. The number of carbonyl (C=O) groups excluding carboxylic acids is 1. The van der Waals surface area contributed by atoms with Crippen LogP contribution in [0.25, 0.3) is 11.4 Å². The minimum Gasteiger partial charge on any atom is -0.474 e. The number of amides is 1. The summed E-state index contributed by atoms with van der Waals surface area (Å²) >= 11 is 0. The standard InChI is InChI=1S/C18H21FN6O2/c1-25(2)8-7-22-17(26)14-15(21)23-16(24-18(14)27-9-6-19)13-5-3-4-12(10-13)11-20/h3-5,10H,6-9H2,1-2H3,(H,22,26)(H2,21,23,24). The van der Waals surface area contributed by atoms with Crippen molar-refractivity contribution in [1.82, 2.24) is 20.2 Å². The Hall–Kier alpha value is -3.25. The van der Waals surface area contributed by atoms with Crippen molar-refractivity contribution in [3.8, 4) is 23.3 Å². The van der Waals surface area contributed by atoms with E-state index in [0.717, 1.165) is 0 Å². The molecule has 0 unspecified atom stereocenters. The minimum absolute atomic E-state index is 0.0395. The Morgan fingerprint density at radius 1 is 1.41 bits per heavy atom. The summed E-state index contributed by atoms with van der Waals surface area (Å²) in [6.45, 7) is 0.00293. The number of hydrogen-bond acceptors (Lipinski definition) is 7. The highest BCUT2D eigenvalue weighted by Gasteiger charge is 2.21. The van der Waals surface area contributed by atoms with Crippen LogP contribution in [0.15, 0.2) is 24.3 Å². The Morgan fingerprint density at radius 3 is 2.85 bits per heavy atom. The molecule has 0 saturated carbocycles. The van der Waals surface area contributed by atoms with Gasteiger partial charge in [0.15, 0.2) is 5.82 Å². The molecule has 0 aliphatic heterocycles. The number of nitrogens with one attached hydrogen (secondary N) is 1. The third kappa shape index (κ3) is 5.36. The molecule has 0 bridgehead atoms. The first-order valence-corrected chi connectivity index (χ1v) is 8.26. The number of halogens is 1. The summed E-state index contributed by atoms with van der Waals surface area (Å²) in [6.07, 6.45) is 0. The molecule has 1 amide bonds. The molecular weight excluding hydrogens is 351 g/mol. The summed E-state index contributed by atoms with van der Waals surface area (Å²) in [5.41, 5.74) is 6.89. The van der Waals surface area contributed by atoms with Crippen molar-refractivity contribution < 1.29 is 13.9 Å². The number of anilines is 1. The van der Waals surface area contributed by atoms with Gasteiger partial charge in [0.05, 0.1) is 11.6 Å². The molecule has 9 heteroatoms. The lowest BCUT2D eigenvalue weighted by molar-refractivity contribution is 0.0946. The maximum absolute atomic E-state index is 12.6. The molecule has 0 spiro atoms. The van der Waals surface area contributed by atoms with Crippen molar-refractivity contribution in [2.24, 2.45) is 0 Å². The molecule has 2 rings (SSSR count). The van der Waals surface area contributed by atoms with Crippen molar-refractivity contribution in [3.05, 3.63) is 35.4 Å². The number of nitrogens with zero attached hydrogens (tertiary/aromatic N) is 4. The van der Waals surface area contributed by atoms with E-state index in [-0.39, 0.29) is 29.7 Å². The van der Waals surface area contributed by atoms with E-state index in [9.17, 15) is 9.18 Å². The minimum atomic E-state index is -0.745. The van der Waals surface area contributed by atoms with E-state index in [1.165, 1.54) is 0 Å². The summed E-state index contributed by atoms with van der Waals surface area (Å²) in [6, 6.07) is 8.63. The van der Waals surface area contributed by atoms with E-state index in [1.54, 1.807) is 24.3 Å². The zero-order chi connectivity index (χ0) is 19.8. The second-order valence-electron chi connectivity index (χ2n) is 5.90. The number of nitrogens with two attached hydrogens (primary N) is 1. The first-order chi connectivity index (χ1) is 13.0. The van der Waals surface area contributed by atoms with E-state index >= 15 is 0 Å². The maximum Gasteiger partial charge on any atom is 0.260 e. The number of carbonyl (C=O) groups is 1. The highest BCUT2D eigenvalue weighted by molar-refractivity contribution is 6.00. The van der Waals surface area contributed by atoms with Gasteiger partial charge in [0, 0.05) is 18.7 Å². The Bertz CT molecular complexity index is 850. The number of alkyl halides is 1. The van der Waals surface area contributed by atoms with E-state index < -0.39 is 12.6 Å². The Morgan fingerprint density at radius 2 is 2.19 bits per heavy atom. The second kappa shape index (κ2) is 9.45. The first kappa shape index (κ1) is 20.1. The highest BCUT2D eigenvalue weighted by Crippen LogP contribution is 2.26. The number of nitriles is 1. The predicted octanol–water partition coefficient (Wildman–Crippen LogP) is 1.24. The molecule has 27 heavy (non-hydrogen) atoms. The molecule has 1 aromatic heterocycles. The van der Waals surface area contributed by atoms with Crippen LogP contribution in [0.1, 0.15) is 15.9 Å². The molecular formula is C18H21FN6O2. The van der Waals surface area contributed by atoms with Gasteiger partial charge < -0.3 is 20.7 Å². The quantitative estimate of drug-likeness (QED) is 0.716. The van der Waals surface area contributed by atoms with Gasteiger partial charge in [-0.25, -0.2) is 9.37 Å². The number of benzene rings is 1. The van der Waals surface area contributed by atoms with E-state index in [0.29, 0.717) is 24.2 Å². The largest absolute Gasteiger partial charge is 0.474 e. The number of aromatic nitrogens is 2. The van der Waals surface area contributed by atoms with Gasteiger partial charge in [-0.15, -0.1) is 0 Å². The number of likely N-dealkylation sites (N-methyl/N-ethyl adjacent to an activating group) is 1. The van der Waals surface area contributed by atoms with Gasteiger partial charge in [-0.3, -0.25) is 4.79 Å². The van der Waals surface area contributed by atoms with Crippen molar-refractivity contribution in [3.63, 3.8) is 0 Å². The van der Waals surface area contributed by atoms with Crippen molar-refractivity contribution in [2.45, 2.75) is 0 Å². The van der Waals surface area contributed by atoms with Gasteiger partial charge in [0.1, 0.15) is 24.7 Å². The topological polar surface area (TPSA) is 117 Å². The van der Waals surface area contributed by atoms with Gasteiger partial charge in [-0.05, 0) is 26.2 Å². The summed E-state index contributed by atoms with van der Waals surface area (Å²) in [5, 5.41) is 11.7. The fourth-order valence-corrected chi connectivity index (χ4v) is 2.25. The van der Waals surface area contributed by atoms with Crippen molar-refractivity contribution >= 4 is 11.7 Å². The summed E-state index contributed by atoms with van der Waals surface area (Å²) in [5.74, 6) is -0.498. The molecule has 8 nitrogen and oxygen atoms in total. The molecule has 142 valence electrons. The Balaban J connectivity index is 2.39. The summed E-state index contributed by atoms with van der Waals surface area (Å²) in [7, 11) is 3.76. The normalized spacial score (nSPS) is 10.5. The molecule has 1 heterocycles. The Kier molecular flexibility index (Phi) is 7.02. The molecule has 0 radical (unpaired) electrons. The smallest absolute Gasteiger partial charge is 0.260 e. The van der Waals surface area contributed by atoms with Crippen LogP contribution in [0.5, 0.6) is 5.88 Å². The molecule has 2 aromatic rings. The third-order valence-corrected chi connectivity index (χ3v) is 3.54. The molecule has 0 aliphatic carbocycles. The maximum atomic E-state index is 12.6. The third-order valence-electron chi connectivity index (χ3n) is 3.54. The number of nitrogen functional groups attached to an aromatic ring is 1. The fourth-order valence-electron chi connectivity index (χ4n) is 2.25. The van der Waals surface area contributed by atoms with Gasteiger partial charge in [-0.1, -0.05) is 12.1 Å². The second-order valence-corrected chi connectivity index (χ2v) is 5.90. The fraction of sp³-hybridized carbons (Fsp3) is 0.333. The van der Waals surface area contributed by atoms with Crippen LogP contribution < -0.4 is 15.8 Å². The number of ether oxygens (including phenoxy) is 1. The van der Waals surface area contributed by atoms with Crippen LogP contribution in [-0.2, 0) is 0 Å². The molecule has 0 saturated heterocycles.